The van der Waals surface area contributed by atoms with Crippen LogP contribution in [0, 0.1) is 24.7 Å². The van der Waals surface area contributed by atoms with E-state index < -0.39 is 23.8 Å². The number of terminal acetylenes is 2. The Kier molecular flexibility index (Phi) is 6.66. The quantitative estimate of drug-likeness (QED) is 0.133. The average Bonchev–Trinajstić information content (AvgIpc) is 3.03. The van der Waals surface area contributed by atoms with E-state index in [1.165, 1.54) is 36.4 Å². The van der Waals surface area contributed by atoms with Gasteiger partial charge in [-0.3, -0.25) is 9.59 Å². The first kappa shape index (κ1) is 27.5. The van der Waals surface area contributed by atoms with E-state index in [2.05, 4.69) is 22.5 Å². The number of carboxylic acids is 2. The van der Waals surface area contributed by atoms with Crippen molar-refractivity contribution in [3.8, 4) is 24.7 Å². The third kappa shape index (κ3) is 4.59. The summed E-state index contributed by atoms with van der Waals surface area (Å²) < 4.78 is 0. The molecule has 0 aliphatic carbocycles. The molecule has 0 saturated carbocycles. The van der Waals surface area contributed by atoms with Gasteiger partial charge in [0.25, 0.3) is 11.8 Å². The standard InChI is InChI=1S/C36H20N2O6/c1-3-19-8-12-23(27(16-19)35(41)42)33(39)37-29-18-30(38-34(40)24-13-9-20(4-2)17-28(24)36(43)44)26-15-11-22-7-5-6-21-10-14-25(29)32(26)31(21)22/h1-2,5-18H,(H,37,39)(H,38,40)(H,41,42)(H,43,44). The summed E-state index contributed by atoms with van der Waals surface area (Å²) in [7, 11) is 0. The topological polar surface area (TPSA) is 133 Å². The second-order valence-corrected chi connectivity index (χ2v) is 9.98. The highest BCUT2D eigenvalue weighted by atomic mass is 16.4. The maximum atomic E-state index is 13.5. The Morgan fingerprint density at radius 3 is 1.41 bits per heavy atom. The van der Waals surface area contributed by atoms with Crippen molar-refractivity contribution in [2.75, 3.05) is 10.6 Å². The SMILES string of the molecule is C#Cc1ccc(C(=O)Nc2cc(NC(=O)c3ccc(C#C)cc3C(=O)O)c3ccc4cccc5ccc2c3c54)c(C(=O)O)c1. The van der Waals surface area contributed by atoms with Gasteiger partial charge in [0.15, 0.2) is 0 Å². The first-order valence-corrected chi connectivity index (χ1v) is 13.2. The van der Waals surface area contributed by atoms with Gasteiger partial charge in [-0.15, -0.1) is 12.8 Å². The lowest BCUT2D eigenvalue weighted by atomic mass is 9.92. The van der Waals surface area contributed by atoms with E-state index in [0.29, 0.717) is 33.3 Å². The number of carboxylic acid groups (broad SMARTS) is 2. The van der Waals surface area contributed by atoms with E-state index in [4.69, 9.17) is 12.8 Å². The van der Waals surface area contributed by atoms with Crippen LogP contribution < -0.4 is 10.6 Å². The van der Waals surface area contributed by atoms with Gasteiger partial charge in [0.1, 0.15) is 0 Å². The molecule has 8 heteroatoms. The van der Waals surface area contributed by atoms with Crippen LogP contribution in [0.4, 0.5) is 11.4 Å². The van der Waals surface area contributed by atoms with Crippen LogP contribution in [0.1, 0.15) is 52.6 Å². The maximum absolute atomic E-state index is 13.5. The highest BCUT2D eigenvalue weighted by Gasteiger charge is 2.22. The summed E-state index contributed by atoms with van der Waals surface area (Å²) >= 11 is 0. The minimum atomic E-state index is -1.32. The van der Waals surface area contributed by atoms with Gasteiger partial charge in [0.05, 0.1) is 33.6 Å². The van der Waals surface area contributed by atoms with Crippen molar-refractivity contribution < 1.29 is 29.4 Å². The summed E-state index contributed by atoms with van der Waals surface area (Å²) in [6.07, 6.45) is 10.8. The minimum Gasteiger partial charge on any atom is -0.478 e. The molecule has 0 heterocycles. The van der Waals surface area contributed by atoms with Crippen molar-refractivity contribution >= 4 is 67.4 Å². The summed E-state index contributed by atoms with van der Waals surface area (Å²) in [5.41, 5.74) is 0.482. The van der Waals surface area contributed by atoms with Gasteiger partial charge in [-0.1, -0.05) is 54.3 Å². The number of nitrogens with one attached hydrogen (secondary N) is 2. The van der Waals surface area contributed by atoms with Gasteiger partial charge in [-0.05, 0) is 58.6 Å². The largest absolute Gasteiger partial charge is 0.478 e. The molecule has 0 bridgehead atoms. The van der Waals surface area contributed by atoms with E-state index in [1.54, 1.807) is 6.07 Å². The number of aromatic carboxylic acids is 2. The number of benzene rings is 6. The Bertz CT molecular complexity index is 2150. The Hall–Kier alpha value is -6.64. The van der Waals surface area contributed by atoms with Crippen molar-refractivity contribution in [2.24, 2.45) is 0 Å². The van der Waals surface area contributed by atoms with Crippen molar-refractivity contribution in [2.45, 2.75) is 0 Å². The predicted octanol–water partition coefficient (Wildman–Crippen LogP) is 6.45. The second-order valence-electron chi connectivity index (χ2n) is 9.98. The van der Waals surface area contributed by atoms with Gasteiger partial charge in [0.2, 0.25) is 0 Å². The van der Waals surface area contributed by atoms with Crippen molar-refractivity contribution in [1.82, 2.24) is 0 Å². The van der Waals surface area contributed by atoms with Crippen LogP contribution in [0.2, 0.25) is 0 Å². The van der Waals surface area contributed by atoms with Gasteiger partial charge in [0, 0.05) is 27.3 Å². The van der Waals surface area contributed by atoms with Crippen LogP contribution in [0.3, 0.4) is 0 Å². The van der Waals surface area contributed by atoms with Crippen LogP contribution in [0.25, 0.3) is 32.3 Å². The molecule has 4 N–H and O–H groups in total. The van der Waals surface area contributed by atoms with Crippen molar-refractivity contribution in [3.63, 3.8) is 0 Å². The highest BCUT2D eigenvalue weighted by molar-refractivity contribution is 6.30. The first-order valence-electron chi connectivity index (χ1n) is 13.2. The molecule has 0 spiro atoms. The number of anilines is 2. The van der Waals surface area contributed by atoms with E-state index in [1.807, 2.05) is 42.5 Å². The van der Waals surface area contributed by atoms with E-state index in [-0.39, 0.29) is 22.3 Å². The number of rotatable bonds is 6. The smallest absolute Gasteiger partial charge is 0.336 e. The van der Waals surface area contributed by atoms with Gasteiger partial charge in [-0.25, -0.2) is 9.59 Å². The summed E-state index contributed by atoms with van der Waals surface area (Å²) in [5.74, 6) is 0.698. The molecule has 0 saturated heterocycles. The molecular formula is C36H20N2O6. The van der Waals surface area contributed by atoms with E-state index >= 15 is 0 Å². The Morgan fingerprint density at radius 2 is 1.00 bits per heavy atom. The third-order valence-corrected chi connectivity index (χ3v) is 7.46. The van der Waals surface area contributed by atoms with Crippen LogP contribution >= 0.6 is 0 Å². The summed E-state index contributed by atoms with van der Waals surface area (Å²) in [6.45, 7) is 0. The van der Waals surface area contributed by atoms with Gasteiger partial charge in [-0.2, -0.15) is 0 Å². The van der Waals surface area contributed by atoms with Crippen LogP contribution in [-0.2, 0) is 0 Å². The molecule has 6 aromatic rings. The fourth-order valence-corrected chi connectivity index (χ4v) is 5.44. The van der Waals surface area contributed by atoms with E-state index in [9.17, 15) is 29.4 Å². The monoisotopic (exact) mass is 576 g/mol. The molecule has 6 rings (SSSR count). The summed E-state index contributed by atoms with van der Waals surface area (Å²) in [4.78, 5) is 51.0. The number of hydrogen-bond acceptors (Lipinski definition) is 4. The molecule has 2 amide bonds. The average molecular weight is 577 g/mol. The third-order valence-electron chi connectivity index (χ3n) is 7.46. The Balaban J connectivity index is 1.53. The molecule has 44 heavy (non-hydrogen) atoms. The minimum absolute atomic E-state index is 0.104. The molecule has 8 nitrogen and oxygen atoms in total. The maximum Gasteiger partial charge on any atom is 0.336 e. The van der Waals surface area contributed by atoms with Crippen LogP contribution in [0.5, 0.6) is 0 Å². The fourth-order valence-electron chi connectivity index (χ4n) is 5.44. The molecule has 0 aromatic heterocycles. The molecule has 0 fully saturated rings. The number of hydrogen-bond donors (Lipinski definition) is 4. The van der Waals surface area contributed by atoms with Crippen LogP contribution in [0.15, 0.2) is 84.9 Å². The van der Waals surface area contributed by atoms with Crippen LogP contribution in [-0.4, -0.2) is 34.0 Å². The lowest BCUT2D eigenvalue weighted by Gasteiger charge is -2.19. The molecule has 0 aliphatic heterocycles. The number of carbonyl (C=O) groups excluding carboxylic acids is 2. The Morgan fingerprint density at radius 1 is 0.545 bits per heavy atom. The lowest BCUT2D eigenvalue weighted by Crippen LogP contribution is -2.18. The zero-order valence-electron chi connectivity index (χ0n) is 22.8. The number of carbonyl (C=O) groups is 4. The molecule has 6 aromatic carbocycles. The molecule has 0 aliphatic rings. The predicted molar refractivity (Wildman–Crippen MR) is 169 cm³/mol. The van der Waals surface area contributed by atoms with Crippen molar-refractivity contribution in [1.29, 1.82) is 0 Å². The molecule has 0 radical (unpaired) electrons. The normalized spacial score (nSPS) is 10.8. The van der Waals surface area contributed by atoms with Gasteiger partial charge >= 0.3 is 11.9 Å². The molecule has 0 unspecified atom stereocenters. The molecule has 0 atom stereocenters. The zero-order chi connectivity index (χ0) is 31.1. The summed E-state index contributed by atoms with van der Waals surface area (Å²) in [6, 6.07) is 23.0. The second kappa shape index (κ2) is 10.6. The van der Waals surface area contributed by atoms with Crippen molar-refractivity contribution in [3.05, 3.63) is 118 Å². The fraction of sp³-hybridized carbons (Fsp3) is 0. The van der Waals surface area contributed by atoms with Gasteiger partial charge < -0.3 is 20.8 Å². The molecular weight excluding hydrogens is 556 g/mol. The summed E-state index contributed by atoms with van der Waals surface area (Å²) in [5, 5.41) is 29.9. The lowest BCUT2D eigenvalue weighted by molar-refractivity contribution is 0.0683. The first-order chi connectivity index (χ1) is 21.2. The highest BCUT2D eigenvalue weighted by Crippen LogP contribution is 2.42. The van der Waals surface area contributed by atoms with E-state index in [0.717, 1.165) is 21.5 Å². The molecule has 210 valence electrons. The zero-order valence-corrected chi connectivity index (χ0v) is 22.8. The Labute approximate surface area is 250 Å². The number of amides is 2.